The lowest BCUT2D eigenvalue weighted by Crippen LogP contribution is -2.08. The van der Waals surface area contributed by atoms with Crippen molar-refractivity contribution in [2.75, 3.05) is 73.1 Å². The topological polar surface area (TPSA) is 145 Å². The highest BCUT2D eigenvalue weighted by Gasteiger charge is 2.15. The van der Waals surface area contributed by atoms with Crippen LogP contribution in [-0.4, -0.2) is 67.8 Å². The third-order valence-corrected chi connectivity index (χ3v) is 5.11. The summed E-state index contributed by atoms with van der Waals surface area (Å²) in [5, 5.41) is -0.361. The quantitative estimate of drug-likeness (QED) is 0.195. The summed E-state index contributed by atoms with van der Waals surface area (Å²) in [7, 11) is 13.4. The average molecular weight is 608 g/mol. The highest BCUT2D eigenvalue weighted by atomic mass is 35.5. The normalized spacial score (nSPS) is 9.21. The number of ketones is 1. The van der Waals surface area contributed by atoms with Crippen LogP contribution in [0.4, 0.5) is 17.1 Å². The van der Waals surface area contributed by atoms with Gasteiger partial charge in [0.1, 0.15) is 40.1 Å². The SMILES string of the molecule is CC(=O)Cl.COc1cc(N)cc(OC)c1.COc1cc(N)cc(OC)c1C(C)=O.COc1cc(OC)cc(N(C)C)c1. The minimum Gasteiger partial charge on any atom is -0.497 e. The van der Waals surface area contributed by atoms with Crippen LogP contribution in [0, 0.1) is 0 Å². The molecule has 42 heavy (non-hydrogen) atoms. The maximum Gasteiger partial charge on any atom is 0.218 e. The Bertz CT molecular complexity index is 1210. The minimum absolute atomic E-state index is 0.112. The number of nitrogen functional groups attached to an aromatic ring is 2. The van der Waals surface area contributed by atoms with Crippen molar-refractivity contribution < 1.29 is 38.0 Å². The number of hydrogen-bond donors (Lipinski definition) is 2. The van der Waals surface area contributed by atoms with E-state index in [9.17, 15) is 9.59 Å². The Morgan fingerprint density at radius 2 is 0.905 bits per heavy atom. The molecule has 0 unspecified atom stereocenters. The first kappa shape index (κ1) is 37.5. The van der Waals surface area contributed by atoms with Gasteiger partial charge in [-0.2, -0.15) is 0 Å². The Kier molecular flexibility index (Phi) is 17.4. The molecule has 0 fully saturated rings. The van der Waals surface area contributed by atoms with Crippen LogP contribution in [0.1, 0.15) is 24.2 Å². The van der Waals surface area contributed by atoms with Crippen molar-refractivity contribution in [3.05, 3.63) is 54.1 Å². The van der Waals surface area contributed by atoms with Gasteiger partial charge in [-0.05, 0) is 18.5 Å². The van der Waals surface area contributed by atoms with E-state index in [4.69, 9.17) is 39.9 Å². The summed E-state index contributed by atoms with van der Waals surface area (Å²) in [5.74, 6) is 3.80. The number of benzene rings is 3. The third kappa shape index (κ3) is 13.7. The Hall–Kier alpha value is -4.51. The molecule has 4 N–H and O–H groups in total. The van der Waals surface area contributed by atoms with Crippen LogP contribution in [0.15, 0.2) is 48.5 Å². The van der Waals surface area contributed by atoms with E-state index in [0.29, 0.717) is 39.9 Å². The highest BCUT2D eigenvalue weighted by molar-refractivity contribution is 6.62. The van der Waals surface area contributed by atoms with Crippen molar-refractivity contribution in [3.63, 3.8) is 0 Å². The van der Waals surface area contributed by atoms with E-state index in [0.717, 1.165) is 17.2 Å². The zero-order valence-electron chi connectivity index (χ0n) is 25.9. The van der Waals surface area contributed by atoms with Gasteiger partial charge < -0.3 is 44.8 Å². The molecule has 3 rings (SSSR count). The molecule has 0 saturated heterocycles. The number of hydrogen-bond acceptors (Lipinski definition) is 11. The molecule has 0 aliphatic rings. The number of Topliss-reactive ketones (excluding diaryl/α,β-unsaturated/α-hetero) is 1. The van der Waals surface area contributed by atoms with Crippen LogP contribution in [0.2, 0.25) is 0 Å². The number of rotatable bonds is 8. The summed E-state index contributed by atoms with van der Waals surface area (Å²) >= 11 is 4.64. The lowest BCUT2D eigenvalue weighted by molar-refractivity contribution is -0.109. The molecule has 0 atom stereocenters. The number of nitrogens with zero attached hydrogens (tertiary/aromatic N) is 1. The molecule has 0 spiro atoms. The van der Waals surface area contributed by atoms with Crippen molar-refractivity contribution >= 4 is 39.7 Å². The fourth-order valence-electron chi connectivity index (χ4n) is 3.16. The molecule has 0 saturated carbocycles. The van der Waals surface area contributed by atoms with Crippen LogP contribution in [0.5, 0.6) is 34.5 Å². The monoisotopic (exact) mass is 607 g/mol. The van der Waals surface area contributed by atoms with Gasteiger partial charge in [-0.15, -0.1) is 0 Å². The zero-order chi connectivity index (χ0) is 32.4. The highest BCUT2D eigenvalue weighted by Crippen LogP contribution is 2.32. The van der Waals surface area contributed by atoms with Crippen molar-refractivity contribution in [2.24, 2.45) is 0 Å². The number of nitrogens with two attached hydrogens (primary N) is 2. The largest absolute Gasteiger partial charge is 0.497 e. The minimum atomic E-state index is -0.361. The Morgan fingerprint density at radius 1 is 0.595 bits per heavy atom. The zero-order valence-corrected chi connectivity index (χ0v) is 26.6. The predicted octanol–water partition coefficient (Wildman–Crippen LogP) is 5.32. The van der Waals surface area contributed by atoms with Gasteiger partial charge in [0, 0.05) is 86.6 Å². The van der Waals surface area contributed by atoms with Crippen LogP contribution in [0.25, 0.3) is 0 Å². The molecule has 11 nitrogen and oxygen atoms in total. The summed E-state index contributed by atoms with van der Waals surface area (Å²) < 4.78 is 30.3. The smallest absolute Gasteiger partial charge is 0.218 e. The maximum absolute atomic E-state index is 11.3. The molecule has 0 amide bonds. The first-order valence-corrected chi connectivity index (χ1v) is 12.7. The second-order valence-corrected chi connectivity index (χ2v) is 8.97. The number of ether oxygens (including phenoxy) is 6. The molecule has 0 radical (unpaired) electrons. The van der Waals surface area contributed by atoms with Crippen LogP contribution < -0.4 is 44.8 Å². The summed E-state index contributed by atoms with van der Waals surface area (Å²) in [6.07, 6.45) is 0. The third-order valence-electron chi connectivity index (χ3n) is 5.11. The predicted molar refractivity (Wildman–Crippen MR) is 168 cm³/mol. The molecule has 0 aliphatic carbocycles. The lowest BCUT2D eigenvalue weighted by atomic mass is 10.1. The lowest BCUT2D eigenvalue weighted by Gasteiger charge is -2.14. The molecule has 0 aromatic heterocycles. The van der Waals surface area contributed by atoms with Crippen molar-refractivity contribution in [3.8, 4) is 34.5 Å². The van der Waals surface area contributed by atoms with E-state index in [1.165, 1.54) is 28.1 Å². The van der Waals surface area contributed by atoms with Gasteiger partial charge in [0.15, 0.2) is 5.78 Å². The molecular weight excluding hydrogens is 566 g/mol. The molecular formula is C30H42ClN3O8. The van der Waals surface area contributed by atoms with Gasteiger partial charge in [-0.1, -0.05) is 0 Å². The molecule has 12 heteroatoms. The van der Waals surface area contributed by atoms with Gasteiger partial charge in [0.05, 0.1) is 42.7 Å². The van der Waals surface area contributed by atoms with E-state index in [1.807, 2.05) is 37.2 Å². The Labute approximate surface area is 253 Å². The van der Waals surface area contributed by atoms with E-state index < -0.39 is 0 Å². The summed E-state index contributed by atoms with van der Waals surface area (Å²) in [5.41, 5.74) is 13.8. The van der Waals surface area contributed by atoms with Gasteiger partial charge >= 0.3 is 0 Å². The molecule has 0 bridgehead atoms. The van der Waals surface area contributed by atoms with E-state index in [2.05, 4.69) is 11.6 Å². The number of halogens is 1. The summed E-state index contributed by atoms with van der Waals surface area (Å²) in [6.45, 7) is 2.75. The average Bonchev–Trinajstić information content (AvgIpc) is 2.95. The number of carbonyl (C=O) groups is 2. The van der Waals surface area contributed by atoms with Crippen molar-refractivity contribution in [1.82, 2.24) is 0 Å². The summed E-state index contributed by atoms with van der Waals surface area (Å²) in [4.78, 5) is 22.5. The Morgan fingerprint density at radius 3 is 1.17 bits per heavy atom. The molecule has 3 aromatic rings. The number of anilines is 3. The number of carbonyl (C=O) groups excluding carboxylic acids is 2. The van der Waals surface area contributed by atoms with Gasteiger partial charge in [0.25, 0.3) is 0 Å². The standard InChI is InChI=1S/C10H13NO3.C10H15NO2.C8H11NO2.C2H3ClO/c1-6(12)10-8(13-2)4-7(11)5-9(10)14-3;1-11(2)8-5-9(12-3)7-10(6-8)13-4;1-10-7-3-6(9)4-8(5-7)11-2;1-2(3)4/h4-5H,11H2,1-3H3;5-7H,1-4H3;3-5H,9H2,1-2H3;1H3. The molecule has 0 heterocycles. The van der Waals surface area contributed by atoms with Crippen molar-refractivity contribution in [2.45, 2.75) is 13.8 Å². The maximum atomic E-state index is 11.3. The van der Waals surface area contributed by atoms with E-state index in [-0.39, 0.29) is 11.0 Å². The number of methoxy groups -OCH3 is 6. The molecule has 0 aliphatic heterocycles. The van der Waals surface area contributed by atoms with Gasteiger partial charge in [0.2, 0.25) is 5.24 Å². The van der Waals surface area contributed by atoms with Gasteiger partial charge in [-0.25, -0.2) is 0 Å². The second kappa shape index (κ2) is 19.5. The first-order valence-electron chi connectivity index (χ1n) is 12.3. The fraction of sp³-hybridized carbons (Fsp3) is 0.333. The molecule has 232 valence electrons. The second-order valence-electron chi connectivity index (χ2n) is 8.44. The van der Waals surface area contributed by atoms with Gasteiger partial charge in [-0.3, -0.25) is 9.59 Å². The summed E-state index contributed by atoms with van der Waals surface area (Å²) in [6, 6.07) is 14.2. The van der Waals surface area contributed by atoms with Crippen molar-refractivity contribution in [1.29, 1.82) is 0 Å². The van der Waals surface area contributed by atoms with Crippen LogP contribution >= 0.6 is 11.6 Å². The van der Waals surface area contributed by atoms with E-state index >= 15 is 0 Å². The van der Waals surface area contributed by atoms with Crippen LogP contribution in [0.3, 0.4) is 0 Å². The van der Waals surface area contributed by atoms with Crippen LogP contribution in [-0.2, 0) is 4.79 Å². The molecule has 3 aromatic carbocycles. The van der Waals surface area contributed by atoms with E-state index in [1.54, 1.807) is 58.8 Å². The fourth-order valence-corrected chi connectivity index (χ4v) is 3.16. The Balaban J connectivity index is 0.000000567. The first-order chi connectivity index (χ1) is 19.8.